The lowest BCUT2D eigenvalue weighted by Gasteiger charge is -2.42. The molecule has 2 heterocycles. The van der Waals surface area contributed by atoms with E-state index in [1.165, 1.54) is 19.2 Å². The molecule has 1 aromatic carbocycles. The summed E-state index contributed by atoms with van der Waals surface area (Å²) in [5, 5.41) is 80.2. The number of hydrogen-bond donors (Lipinski definition) is 8. The molecule has 0 bridgehead atoms. The highest BCUT2D eigenvalue weighted by Crippen LogP contribution is 2.32. The van der Waals surface area contributed by atoms with Gasteiger partial charge in [-0.3, -0.25) is 4.79 Å². The molecule has 0 amide bonds. The van der Waals surface area contributed by atoms with Gasteiger partial charge in [0.25, 0.3) is 0 Å². The van der Waals surface area contributed by atoms with Crippen LogP contribution in [-0.2, 0) is 30.2 Å². The number of aromatic hydroxyl groups is 1. The first-order chi connectivity index (χ1) is 17.1. The van der Waals surface area contributed by atoms with E-state index in [4.69, 9.17) is 18.9 Å². The van der Waals surface area contributed by atoms with Crippen molar-refractivity contribution in [2.24, 2.45) is 0 Å². The second-order valence-electron chi connectivity index (χ2n) is 8.54. The third kappa shape index (κ3) is 6.41. The lowest BCUT2D eigenvalue weighted by atomic mass is 9.98. The Kier molecular flexibility index (Phi) is 9.82. The lowest BCUT2D eigenvalue weighted by Crippen LogP contribution is -2.62. The van der Waals surface area contributed by atoms with Crippen molar-refractivity contribution in [1.82, 2.24) is 0 Å². The van der Waals surface area contributed by atoms with Gasteiger partial charge in [-0.05, 0) is 24.1 Å². The zero-order valence-corrected chi connectivity index (χ0v) is 19.4. The molecule has 2 saturated heterocycles. The molecule has 0 aliphatic carbocycles. The van der Waals surface area contributed by atoms with E-state index < -0.39 is 80.6 Å². The molecule has 2 aliphatic heterocycles. The smallest absolute Gasteiger partial charge is 0.305 e. The zero-order valence-electron chi connectivity index (χ0n) is 19.4. The van der Waals surface area contributed by atoms with Crippen molar-refractivity contribution in [3.8, 4) is 11.5 Å². The second-order valence-corrected chi connectivity index (χ2v) is 8.54. The van der Waals surface area contributed by atoms with Crippen molar-refractivity contribution >= 4 is 5.97 Å². The maximum atomic E-state index is 11.3. The van der Waals surface area contributed by atoms with Gasteiger partial charge in [0.15, 0.2) is 17.8 Å². The molecule has 204 valence electrons. The Balaban J connectivity index is 1.63. The minimum atomic E-state index is -1.74. The standard InChI is InChI=1S/C22H32O14/c1-32-14(25)5-3-9-2-4-11(10(24)6-9)34-22-20(31)18(29)16(27)13(36-22)8-33-21-19(30)17(28)15(26)12(7-23)35-21/h2,4,6,12-13,15-24,26-31H,3,5,7-8H2,1H3/t12-,13-,15-,16-,17+,18+,19-,20-,21+,22-/m1/s1. The summed E-state index contributed by atoms with van der Waals surface area (Å²) in [5.74, 6) is -0.862. The molecule has 3 rings (SSSR count). The summed E-state index contributed by atoms with van der Waals surface area (Å²) in [4.78, 5) is 11.3. The molecule has 1 aromatic rings. The van der Waals surface area contributed by atoms with Crippen LogP contribution in [0.5, 0.6) is 11.5 Å². The first kappa shape index (κ1) is 28.5. The molecule has 0 unspecified atom stereocenters. The van der Waals surface area contributed by atoms with Gasteiger partial charge in [-0.15, -0.1) is 0 Å². The highest BCUT2D eigenvalue weighted by atomic mass is 16.7. The van der Waals surface area contributed by atoms with Gasteiger partial charge in [0.2, 0.25) is 6.29 Å². The van der Waals surface area contributed by atoms with Crippen molar-refractivity contribution in [1.29, 1.82) is 0 Å². The molecular formula is C22H32O14. The molecule has 0 spiro atoms. The van der Waals surface area contributed by atoms with Crippen LogP contribution in [0.15, 0.2) is 18.2 Å². The van der Waals surface area contributed by atoms with Crippen molar-refractivity contribution in [3.05, 3.63) is 23.8 Å². The topological polar surface area (TPSA) is 225 Å². The van der Waals surface area contributed by atoms with Crippen LogP contribution in [0.25, 0.3) is 0 Å². The number of hydrogen-bond acceptors (Lipinski definition) is 14. The maximum absolute atomic E-state index is 11.3. The highest BCUT2D eigenvalue weighted by Gasteiger charge is 2.48. The van der Waals surface area contributed by atoms with Crippen LogP contribution in [0.3, 0.4) is 0 Å². The lowest BCUT2D eigenvalue weighted by molar-refractivity contribution is -0.323. The Hall–Kier alpha value is -2.11. The highest BCUT2D eigenvalue weighted by molar-refractivity contribution is 5.69. The number of carbonyl (C=O) groups is 1. The molecule has 14 heteroatoms. The largest absolute Gasteiger partial charge is 0.504 e. The molecule has 36 heavy (non-hydrogen) atoms. The number of rotatable bonds is 9. The monoisotopic (exact) mass is 520 g/mol. The number of aryl methyl sites for hydroxylation is 1. The summed E-state index contributed by atoms with van der Waals surface area (Å²) in [5.41, 5.74) is 0.608. The number of benzene rings is 1. The third-order valence-electron chi connectivity index (χ3n) is 6.05. The summed E-state index contributed by atoms with van der Waals surface area (Å²) < 4.78 is 26.2. The van der Waals surface area contributed by atoms with Crippen LogP contribution < -0.4 is 4.74 Å². The van der Waals surface area contributed by atoms with E-state index in [0.29, 0.717) is 12.0 Å². The molecule has 2 fully saturated rings. The van der Waals surface area contributed by atoms with Crippen molar-refractivity contribution in [3.63, 3.8) is 0 Å². The molecule has 2 aliphatic rings. The molecule has 0 aromatic heterocycles. The van der Waals surface area contributed by atoms with E-state index in [1.54, 1.807) is 6.07 Å². The van der Waals surface area contributed by atoms with Gasteiger partial charge >= 0.3 is 5.97 Å². The maximum Gasteiger partial charge on any atom is 0.305 e. The SMILES string of the molecule is COC(=O)CCc1ccc(O[C@@H]2O[C@H](CO[C@H]3O[C@H](CO)[C@@H](O)[C@H](O)[C@H]3O)[C@@H](O)[C@H](O)[C@H]2O)c(O)c1. The van der Waals surface area contributed by atoms with Crippen molar-refractivity contribution < 1.29 is 69.3 Å². The van der Waals surface area contributed by atoms with Crippen LogP contribution in [0.2, 0.25) is 0 Å². The Labute approximate surface area is 205 Å². The van der Waals surface area contributed by atoms with Gasteiger partial charge in [0, 0.05) is 6.42 Å². The van der Waals surface area contributed by atoms with Crippen LogP contribution in [-0.4, -0.2) is 129 Å². The molecule has 0 radical (unpaired) electrons. The van der Waals surface area contributed by atoms with E-state index in [0.717, 1.165) is 0 Å². The molecule has 10 atom stereocenters. The third-order valence-corrected chi connectivity index (χ3v) is 6.05. The summed E-state index contributed by atoms with van der Waals surface area (Å²) >= 11 is 0. The van der Waals surface area contributed by atoms with E-state index in [2.05, 4.69) is 4.74 Å². The Morgan fingerprint density at radius 1 is 0.889 bits per heavy atom. The van der Waals surface area contributed by atoms with Crippen LogP contribution in [0.4, 0.5) is 0 Å². The average Bonchev–Trinajstić information content (AvgIpc) is 2.87. The zero-order chi connectivity index (χ0) is 26.6. The molecule has 14 nitrogen and oxygen atoms in total. The fourth-order valence-corrected chi connectivity index (χ4v) is 3.84. The van der Waals surface area contributed by atoms with Gasteiger partial charge in [-0.25, -0.2) is 0 Å². The van der Waals surface area contributed by atoms with E-state index >= 15 is 0 Å². The second kappa shape index (κ2) is 12.4. The quantitative estimate of drug-likeness (QED) is 0.148. The van der Waals surface area contributed by atoms with Gasteiger partial charge in [0.05, 0.1) is 20.3 Å². The number of carbonyl (C=O) groups excluding carboxylic acids is 1. The predicted octanol–water partition coefficient (Wildman–Crippen LogP) is -3.50. The molecular weight excluding hydrogens is 488 g/mol. The number of ether oxygens (including phenoxy) is 5. The van der Waals surface area contributed by atoms with E-state index in [-0.39, 0.29) is 17.9 Å². The summed E-state index contributed by atoms with van der Waals surface area (Å²) in [6, 6.07) is 4.28. The fraction of sp³-hybridized carbons (Fsp3) is 0.682. The first-order valence-electron chi connectivity index (χ1n) is 11.2. The Bertz CT molecular complexity index is 865. The minimum absolute atomic E-state index is 0.0980. The fourth-order valence-electron chi connectivity index (χ4n) is 3.84. The molecule has 8 N–H and O–H groups in total. The van der Waals surface area contributed by atoms with Gasteiger partial charge in [-0.1, -0.05) is 6.07 Å². The van der Waals surface area contributed by atoms with Crippen molar-refractivity contribution in [2.45, 2.75) is 74.3 Å². The van der Waals surface area contributed by atoms with E-state index in [1.807, 2.05) is 0 Å². The Morgan fingerprint density at radius 3 is 2.11 bits per heavy atom. The first-order valence-corrected chi connectivity index (χ1v) is 11.2. The van der Waals surface area contributed by atoms with Crippen LogP contribution in [0, 0.1) is 0 Å². The van der Waals surface area contributed by atoms with Crippen molar-refractivity contribution in [2.75, 3.05) is 20.3 Å². The number of aliphatic hydroxyl groups excluding tert-OH is 7. The average molecular weight is 520 g/mol. The van der Waals surface area contributed by atoms with Gasteiger partial charge in [0.1, 0.15) is 48.8 Å². The summed E-state index contributed by atoms with van der Waals surface area (Å²) in [6.45, 7) is -1.19. The number of phenols is 1. The number of esters is 1. The van der Waals surface area contributed by atoms with Crippen LogP contribution >= 0.6 is 0 Å². The number of phenolic OH excluding ortho intramolecular Hbond substituents is 1. The summed E-state index contributed by atoms with van der Waals surface area (Å²) in [6.07, 6.45) is -15.3. The van der Waals surface area contributed by atoms with E-state index in [9.17, 15) is 45.6 Å². The Morgan fingerprint density at radius 2 is 1.50 bits per heavy atom. The van der Waals surface area contributed by atoms with Gasteiger partial charge < -0.3 is 64.5 Å². The number of aliphatic hydroxyl groups is 7. The minimum Gasteiger partial charge on any atom is -0.504 e. The predicted molar refractivity (Wildman–Crippen MR) is 115 cm³/mol. The van der Waals surface area contributed by atoms with Gasteiger partial charge in [-0.2, -0.15) is 0 Å². The molecule has 0 saturated carbocycles. The number of methoxy groups -OCH3 is 1. The van der Waals surface area contributed by atoms with Crippen LogP contribution in [0.1, 0.15) is 12.0 Å². The normalized spacial score (nSPS) is 36.9. The summed E-state index contributed by atoms with van der Waals surface area (Å²) in [7, 11) is 1.26.